The van der Waals surface area contributed by atoms with Gasteiger partial charge < -0.3 is 5.32 Å². The van der Waals surface area contributed by atoms with E-state index < -0.39 is 6.04 Å². The van der Waals surface area contributed by atoms with Gasteiger partial charge >= 0.3 is 0 Å². The second kappa shape index (κ2) is 7.73. The molecule has 0 bridgehead atoms. The first-order valence-corrected chi connectivity index (χ1v) is 9.29. The maximum absolute atomic E-state index is 12.8. The van der Waals surface area contributed by atoms with Crippen LogP contribution in [0.5, 0.6) is 0 Å². The number of benzene rings is 2. The number of carbonyl (C=O) groups is 2. The summed E-state index contributed by atoms with van der Waals surface area (Å²) >= 11 is 0. The number of hydrogen-bond acceptors (Lipinski definition) is 3. The van der Waals surface area contributed by atoms with Gasteiger partial charge in [-0.25, -0.2) is 4.90 Å². The van der Waals surface area contributed by atoms with Gasteiger partial charge in [-0.2, -0.15) is 0 Å². The standard InChI is InChI=1S/C22H26N2O2/c1-4-5-6-17-8-10-18(11-9-17)24-21(25)14-20(22(24)26)23-19-12-7-15(2)13-16(19)3/h7-13,20,23H,4-6,14H2,1-3H3. The second-order valence-corrected chi connectivity index (χ2v) is 7.06. The number of carbonyl (C=O) groups excluding carboxylic acids is 2. The number of anilines is 2. The average molecular weight is 350 g/mol. The molecule has 26 heavy (non-hydrogen) atoms. The van der Waals surface area contributed by atoms with Gasteiger partial charge in [0, 0.05) is 5.69 Å². The summed E-state index contributed by atoms with van der Waals surface area (Å²) in [6.07, 6.45) is 3.50. The highest BCUT2D eigenvalue weighted by Crippen LogP contribution is 2.27. The number of unbranched alkanes of at least 4 members (excludes halogenated alkanes) is 1. The Bertz CT molecular complexity index is 811. The summed E-state index contributed by atoms with van der Waals surface area (Å²) in [4.78, 5) is 26.6. The van der Waals surface area contributed by atoms with Crippen molar-refractivity contribution >= 4 is 23.2 Å². The molecule has 1 N–H and O–H groups in total. The minimum absolute atomic E-state index is 0.154. The third kappa shape index (κ3) is 3.79. The minimum Gasteiger partial charge on any atom is -0.373 e. The van der Waals surface area contributed by atoms with Crippen LogP contribution in [-0.4, -0.2) is 17.9 Å². The van der Waals surface area contributed by atoms with Gasteiger partial charge in [-0.1, -0.05) is 43.2 Å². The summed E-state index contributed by atoms with van der Waals surface area (Å²) in [7, 11) is 0. The van der Waals surface area contributed by atoms with E-state index in [1.54, 1.807) is 0 Å². The molecule has 0 aromatic heterocycles. The molecule has 136 valence electrons. The fraction of sp³-hybridized carbons (Fsp3) is 0.364. The van der Waals surface area contributed by atoms with E-state index in [9.17, 15) is 9.59 Å². The molecule has 3 rings (SSSR count). The molecule has 4 nitrogen and oxygen atoms in total. The Kier molecular flexibility index (Phi) is 5.40. The first-order valence-electron chi connectivity index (χ1n) is 9.29. The van der Waals surface area contributed by atoms with Crippen LogP contribution >= 0.6 is 0 Å². The van der Waals surface area contributed by atoms with Crippen LogP contribution in [0, 0.1) is 13.8 Å². The summed E-state index contributed by atoms with van der Waals surface area (Å²) in [5.74, 6) is -0.338. The Balaban J connectivity index is 1.74. The first-order chi connectivity index (χ1) is 12.5. The van der Waals surface area contributed by atoms with Crippen LogP contribution in [-0.2, 0) is 16.0 Å². The van der Waals surface area contributed by atoms with Crippen molar-refractivity contribution in [2.75, 3.05) is 10.2 Å². The van der Waals surface area contributed by atoms with E-state index in [1.807, 2.05) is 50.2 Å². The van der Waals surface area contributed by atoms with Gasteiger partial charge in [-0.3, -0.25) is 9.59 Å². The normalized spacial score (nSPS) is 17.0. The molecule has 0 aliphatic carbocycles. The monoisotopic (exact) mass is 350 g/mol. The van der Waals surface area contributed by atoms with E-state index in [-0.39, 0.29) is 18.2 Å². The molecule has 1 unspecified atom stereocenters. The highest BCUT2D eigenvalue weighted by atomic mass is 16.2. The highest BCUT2D eigenvalue weighted by molar-refractivity contribution is 6.23. The van der Waals surface area contributed by atoms with E-state index in [2.05, 4.69) is 18.3 Å². The molecule has 0 saturated carbocycles. The molecular formula is C22H26N2O2. The lowest BCUT2D eigenvalue weighted by atomic mass is 10.1. The van der Waals surface area contributed by atoms with Crippen molar-refractivity contribution < 1.29 is 9.59 Å². The Hall–Kier alpha value is -2.62. The SMILES string of the molecule is CCCCc1ccc(N2C(=O)CC(Nc3ccc(C)cc3C)C2=O)cc1. The largest absolute Gasteiger partial charge is 0.373 e. The lowest BCUT2D eigenvalue weighted by Crippen LogP contribution is -2.34. The molecular weight excluding hydrogens is 324 g/mol. The Morgan fingerprint density at radius 1 is 1.08 bits per heavy atom. The van der Waals surface area contributed by atoms with Crippen molar-refractivity contribution in [1.29, 1.82) is 0 Å². The van der Waals surface area contributed by atoms with Crippen molar-refractivity contribution in [3.05, 3.63) is 59.2 Å². The Morgan fingerprint density at radius 3 is 2.46 bits per heavy atom. The zero-order valence-corrected chi connectivity index (χ0v) is 15.7. The van der Waals surface area contributed by atoms with E-state index in [0.29, 0.717) is 5.69 Å². The van der Waals surface area contributed by atoms with E-state index in [1.165, 1.54) is 16.0 Å². The fourth-order valence-corrected chi connectivity index (χ4v) is 3.37. The van der Waals surface area contributed by atoms with E-state index in [0.717, 1.165) is 30.5 Å². The van der Waals surface area contributed by atoms with Crippen LogP contribution in [0.25, 0.3) is 0 Å². The lowest BCUT2D eigenvalue weighted by molar-refractivity contribution is -0.121. The maximum Gasteiger partial charge on any atom is 0.256 e. The molecule has 2 aromatic rings. The van der Waals surface area contributed by atoms with Gasteiger partial charge in [0.2, 0.25) is 5.91 Å². The minimum atomic E-state index is -0.510. The molecule has 1 saturated heterocycles. The van der Waals surface area contributed by atoms with Crippen molar-refractivity contribution in [2.24, 2.45) is 0 Å². The number of nitrogens with one attached hydrogen (secondary N) is 1. The summed E-state index contributed by atoms with van der Waals surface area (Å²) in [5.41, 5.74) is 5.04. The van der Waals surface area contributed by atoms with E-state index in [4.69, 9.17) is 0 Å². The summed E-state index contributed by atoms with van der Waals surface area (Å²) < 4.78 is 0. The lowest BCUT2D eigenvalue weighted by Gasteiger charge is -2.17. The van der Waals surface area contributed by atoms with E-state index >= 15 is 0 Å². The molecule has 0 radical (unpaired) electrons. The Morgan fingerprint density at radius 2 is 1.81 bits per heavy atom. The summed E-state index contributed by atoms with van der Waals surface area (Å²) in [6, 6.07) is 13.3. The highest BCUT2D eigenvalue weighted by Gasteiger charge is 2.39. The number of rotatable bonds is 6. The van der Waals surface area contributed by atoms with Crippen LogP contribution in [0.2, 0.25) is 0 Å². The molecule has 0 spiro atoms. The van der Waals surface area contributed by atoms with Gasteiger partial charge in [0.05, 0.1) is 12.1 Å². The second-order valence-electron chi connectivity index (χ2n) is 7.06. The van der Waals surface area contributed by atoms with Crippen LogP contribution in [0.15, 0.2) is 42.5 Å². The van der Waals surface area contributed by atoms with Gasteiger partial charge in [-0.05, 0) is 56.0 Å². The fourth-order valence-electron chi connectivity index (χ4n) is 3.37. The summed E-state index contributed by atoms with van der Waals surface area (Å²) in [6.45, 7) is 6.20. The number of aryl methyl sites for hydroxylation is 3. The van der Waals surface area contributed by atoms with Crippen molar-refractivity contribution in [1.82, 2.24) is 0 Å². The quantitative estimate of drug-likeness (QED) is 0.786. The van der Waals surface area contributed by atoms with Crippen LogP contribution in [0.3, 0.4) is 0 Å². The van der Waals surface area contributed by atoms with Gasteiger partial charge in [0.1, 0.15) is 6.04 Å². The van der Waals surface area contributed by atoms with Crippen LogP contribution < -0.4 is 10.2 Å². The predicted molar refractivity (Wildman–Crippen MR) is 105 cm³/mol. The zero-order chi connectivity index (χ0) is 18.7. The summed E-state index contributed by atoms with van der Waals surface area (Å²) in [5, 5.41) is 3.24. The molecule has 2 aromatic carbocycles. The molecule has 4 heteroatoms. The molecule has 1 aliphatic heterocycles. The third-order valence-corrected chi connectivity index (χ3v) is 4.87. The van der Waals surface area contributed by atoms with Crippen LogP contribution in [0.1, 0.15) is 42.9 Å². The topological polar surface area (TPSA) is 49.4 Å². The number of amides is 2. The molecule has 1 fully saturated rings. The maximum atomic E-state index is 12.8. The average Bonchev–Trinajstić information content (AvgIpc) is 2.90. The van der Waals surface area contributed by atoms with Crippen LogP contribution in [0.4, 0.5) is 11.4 Å². The Labute approximate surface area is 155 Å². The van der Waals surface area contributed by atoms with Gasteiger partial charge in [0.25, 0.3) is 5.91 Å². The third-order valence-electron chi connectivity index (χ3n) is 4.87. The molecule has 2 amide bonds. The number of hydrogen-bond donors (Lipinski definition) is 1. The molecule has 1 atom stereocenters. The first kappa shape index (κ1) is 18.2. The molecule has 1 heterocycles. The van der Waals surface area contributed by atoms with Crippen molar-refractivity contribution in [3.8, 4) is 0 Å². The van der Waals surface area contributed by atoms with Gasteiger partial charge in [-0.15, -0.1) is 0 Å². The van der Waals surface area contributed by atoms with Crippen molar-refractivity contribution in [3.63, 3.8) is 0 Å². The molecule has 1 aliphatic rings. The van der Waals surface area contributed by atoms with Gasteiger partial charge in [0.15, 0.2) is 0 Å². The predicted octanol–water partition coefficient (Wildman–Crippen LogP) is 4.39. The van der Waals surface area contributed by atoms with Crippen molar-refractivity contribution in [2.45, 2.75) is 52.5 Å². The number of nitrogens with zero attached hydrogens (tertiary/aromatic N) is 1. The smallest absolute Gasteiger partial charge is 0.256 e. The number of imide groups is 1. The zero-order valence-electron chi connectivity index (χ0n) is 15.7.